The Kier molecular flexibility index (Phi) is 6.18. The summed E-state index contributed by atoms with van der Waals surface area (Å²) in [4.78, 5) is 35.8. The number of anilines is 2. The Morgan fingerprint density at radius 3 is 2.53 bits per heavy atom. The number of morpholine rings is 1. The minimum Gasteiger partial charge on any atom is -0.494 e. The molecule has 10 heteroatoms. The summed E-state index contributed by atoms with van der Waals surface area (Å²) in [5, 5.41) is 0. The smallest absolute Gasteiger partial charge is 0.332 e. The van der Waals surface area contributed by atoms with Crippen LogP contribution in [0.4, 0.5) is 11.6 Å². The molecule has 1 atom stereocenters. The second kappa shape index (κ2) is 9.27. The lowest BCUT2D eigenvalue weighted by Gasteiger charge is -2.33. The highest BCUT2D eigenvalue weighted by Crippen LogP contribution is 2.33. The summed E-state index contributed by atoms with van der Waals surface area (Å²) in [5.74, 6) is 1.81. The molecule has 1 aromatic carbocycles. The predicted octanol–water partition coefficient (Wildman–Crippen LogP) is 1.42. The Hall–Kier alpha value is -3.11. The molecule has 0 spiro atoms. The monoisotopic (exact) mass is 468 g/mol. The van der Waals surface area contributed by atoms with E-state index in [9.17, 15) is 9.59 Å². The zero-order valence-electron chi connectivity index (χ0n) is 20.1. The highest BCUT2D eigenvalue weighted by atomic mass is 16.5. The van der Waals surface area contributed by atoms with Crippen LogP contribution in [0, 0.1) is 5.92 Å². The molecule has 1 saturated heterocycles. The Morgan fingerprint density at radius 1 is 1.09 bits per heavy atom. The van der Waals surface area contributed by atoms with Gasteiger partial charge in [-0.3, -0.25) is 18.8 Å². The van der Waals surface area contributed by atoms with Crippen molar-refractivity contribution < 1.29 is 9.47 Å². The molecule has 0 N–H and O–H groups in total. The molecule has 182 valence electrons. The van der Waals surface area contributed by atoms with Crippen LogP contribution in [-0.2, 0) is 24.9 Å². The van der Waals surface area contributed by atoms with Gasteiger partial charge in [0, 0.05) is 52.0 Å². The molecule has 1 fully saturated rings. The zero-order valence-corrected chi connectivity index (χ0v) is 20.1. The lowest BCUT2D eigenvalue weighted by Crippen LogP contribution is -2.44. The first-order valence-electron chi connectivity index (χ1n) is 12.0. The lowest BCUT2D eigenvalue weighted by molar-refractivity contribution is 0.0361. The average molecular weight is 469 g/mol. The van der Waals surface area contributed by atoms with Crippen LogP contribution >= 0.6 is 0 Å². The Balaban J connectivity index is 1.56. The van der Waals surface area contributed by atoms with Gasteiger partial charge in [0.1, 0.15) is 5.75 Å². The van der Waals surface area contributed by atoms with Gasteiger partial charge in [-0.1, -0.05) is 6.92 Å². The van der Waals surface area contributed by atoms with E-state index in [-0.39, 0.29) is 11.2 Å². The van der Waals surface area contributed by atoms with Crippen LogP contribution in [0.15, 0.2) is 33.9 Å². The van der Waals surface area contributed by atoms with Crippen molar-refractivity contribution in [1.82, 2.24) is 23.6 Å². The van der Waals surface area contributed by atoms with E-state index in [0.717, 1.165) is 31.1 Å². The number of hydrogen-bond acceptors (Lipinski definition) is 7. The van der Waals surface area contributed by atoms with E-state index in [1.165, 1.54) is 9.13 Å². The van der Waals surface area contributed by atoms with Crippen LogP contribution in [0.3, 0.4) is 0 Å². The van der Waals surface area contributed by atoms with Crippen molar-refractivity contribution in [3.05, 3.63) is 45.1 Å². The summed E-state index contributed by atoms with van der Waals surface area (Å²) < 4.78 is 15.8. The lowest BCUT2D eigenvalue weighted by atomic mass is 10.1. The van der Waals surface area contributed by atoms with E-state index in [1.54, 1.807) is 7.05 Å². The number of benzene rings is 1. The van der Waals surface area contributed by atoms with Crippen molar-refractivity contribution in [2.24, 2.45) is 13.0 Å². The first kappa shape index (κ1) is 22.7. The fourth-order valence-corrected chi connectivity index (χ4v) is 4.88. The van der Waals surface area contributed by atoms with E-state index < -0.39 is 0 Å². The molecule has 3 aromatic rings. The van der Waals surface area contributed by atoms with Gasteiger partial charge < -0.3 is 18.9 Å². The molecular weight excluding hydrogens is 436 g/mol. The minimum absolute atomic E-state index is 0.272. The van der Waals surface area contributed by atoms with Gasteiger partial charge in [0.2, 0.25) is 5.95 Å². The number of fused-ring (bicyclic) bond motifs is 3. The maximum absolute atomic E-state index is 13.6. The molecule has 2 aromatic heterocycles. The number of nitrogens with zero attached hydrogens (tertiary/aromatic N) is 6. The fourth-order valence-electron chi connectivity index (χ4n) is 4.88. The summed E-state index contributed by atoms with van der Waals surface area (Å²) >= 11 is 0. The molecule has 0 unspecified atom stereocenters. The maximum atomic E-state index is 13.6. The number of aromatic nitrogens is 4. The summed E-state index contributed by atoms with van der Waals surface area (Å²) in [6.07, 6.45) is 0. The van der Waals surface area contributed by atoms with Gasteiger partial charge in [-0.2, -0.15) is 4.98 Å². The van der Waals surface area contributed by atoms with Crippen molar-refractivity contribution in [3.8, 4) is 5.75 Å². The Bertz CT molecular complexity index is 1290. The molecule has 0 aliphatic carbocycles. The van der Waals surface area contributed by atoms with Gasteiger partial charge in [0.25, 0.3) is 5.56 Å². The first-order valence-corrected chi connectivity index (χ1v) is 12.0. The van der Waals surface area contributed by atoms with Gasteiger partial charge in [-0.15, -0.1) is 0 Å². The topological polar surface area (TPSA) is 86.8 Å². The number of imidazole rings is 1. The molecule has 10 nitrogen and oxygen atoms in total. The second-order valence-electron chi connectivity index (χ2n) is 9.09. The third-order valence-electron chi connectivity index (χ3n) is 6.65. The van der Waals surface area contributed by atoms with E-state index in [1.807, 2.05) is 35.8 Å². The Labute approximate surface area is 197 Å². The molecule has 2 aliphatic rings. The van der Waals surface area contributed by atoms with Gasteiger partial charge in [0.15, 0.2) is 11.2 Å². The van der Waals surface area contributed by atoms with Gasteiger partial charge >= 0.3 is 5.69 Å². The molecular formula is C24H32N6O4. The molecule has 5 rings (SSSR count). The zero-order chi connectivity index (χ0) is 23.8. The number of hydrogen-bond donors (Lipinski definition) is 0. The standard InChI is InChI=1S/C24H32N6O4/c1-4-34-19-7-5-18(6-8-19)29-15-17(2)16-30-20-21(25-23(29)30)26(3)24(32)28(22(20)31)10-9-27-11-13-33-14-12-27/h5-8,17H,4,9-16H2,1-3H3/t17-/m0/s1. The summed E-state index contributed by atoms with van der Waals surface area (Å²) in [6.45, 7) is 10.2. The van der Waals surface area contributed by atoms with E-state index in [2.05, 4.69) is 16.7 Å². The van der Waals surface area contributed by atoms with Crippen molar-refractivity contribution in [3.63, 3.8) is 0 Å². The quantitative estimate of drug-likeness (QED) is 0.541. The van der Waals surface area contributed by atoms with Crippen molar-refractivity contribution in [1.29, 1.82) is 0 Å². The normalized spacial score (nSPS) is 18.9. The van der Waals surface area contributed by atoms with Crippen LogP contribution in [-0.4, -0.2) is 69.6 Å². The number of aryl methyl sites for hydroxylation is 1. The highest BCUT2D eigenvalue weighted by Gasteiger charge is 2.30. The van der Waals surface area contributed by atoms with Crippen molar-refractivity contribution in [2.45, 2.75) is 26.9 Å². The molecule has 34 heavy (non-hydrogen) atoms. The molecule has 0 radical (unpaired) electrons. The van der Waals surface area contributed by atoms with Crippen LogP contribution in [0.1, 0.15) is 13.8 Å². The molecule has 0 saturated carbocycles. The van der Waals surface area contributed by atoms with E-state index in [0.29, 0.717) is 62.5 Å². The molecule has 0 bridgehead atoms. The van der Waals surface area contributed by atoms with Gasteiger partial charge in [-0.25, -0.2) is 4.79 Å². The summed E-state index contributed by atoms with van der Waals surface area (Å²) in [5.41, 5.74) is 1.29. The van der Waals surface area contributed by atoms with Crippen LogP contribution in [0.5, 0.6) is 5.75 Å². The third-order valence-corrected chi connectivity index (χ3v) is 6.65. The predicted molar refractivity (Wildman–Crippen MR) is 130 cm³/mol. The molecule has 2 aliphatic heterocycles. The van der Waals surface area contributed by atoms with Crippen molar-refractivity contribution in [2.75, 3.05) is 50.9 Å². The van der Waals surface area contributed by atoms with Crippen LogP contribution < -0.4 is 20.9 Å². The largest absolute Gasteiger partial charge is 0.494 e. The van der Waals surface area contributed by atoms with Gasteiger partial charge in [0.05, 0.1) is 19.8 Å². The summed E-state index contributed by atoms with van der Waals surface area (Å²) in [6, 6.07) is 7.90. The highest BCUT2D eigenvalue weighted by molar-refractivity contribution is 5.77. The maximum Gasteiger partial charge on any atom is 0.332 e. The fraction of sp³-hybridized carbons (Fsp3) is 0.542. The molecule has 0 amide bonds. The average Bonchev–Trinajstić information content (AvgIpc) is 3.23. The van der Waals surface area contributed by atoms with Crippen LogP contribution in [0.25, 0.3) is 11.2 Å². The SMILES string of the molecule is CCOc1ccc(N2C[C@H](C)Cn3c2nc2c3c(=O)n(CCN3CCOCC3)c(=O)n2C)cc1. The van der Waals surface area contributed by atoms with Crippen LogP contribution in [0.2, 0.25) is 0 Å². The van der Waals surface area contributed by atoms with E-state index >= 15 is 0 Å². The first-order chi connectivity index (χ1) is 16.5. The number of ether oxygens (including phenoxy) is 2. The minimum atomic E-state index is -0.332. The summed E-state index contributed by atoms with van der Waals surface area (Å²) in [7, 11) is 1.69. The second-order valence-corrected chi connectivity index (χ2v) is 9.09. The third kappa shape index (κ3) is 4.01. The Morgan fingerprint density at radius 2 is 1.82 bits per heavy atom. The van der Waals surface area contributed by atoms with Gasteiger partial charge in [-0.05, 0) is 37.1 Å². The molecule has 4 heterocycles. The number of rotatable bonds is 6. The van der Waals surface area contributed by atoms with E-state index in [4.69, 9.17) is 14.5 Å². The van der Waals surface area contributed by atoms with Crippen molar-refractivity contribution >= 4 is 22.8 Å².